The average molecular weight is 549 g/mol. The number of carbonyl (C=O) groups excluding carboxylic acids is 1. The minimum absolute atomic E-state index is 0.0218. The molecule has 1 saturated carbocycles. The van der Waals surface area contributed by atoms with Gasteiger partial charge in [-0.2, -0.15) is 8.42 Å². The molecule has 5 rings (SSSR count). The monoisotopic (exact) mass is 548 g/mol. The Bertz CT molecular complexity index is 1540. The maximum absolute atomic E-state index is 13.3. The first-order valence-electron chi connectivity index (χ1n) is 13.0. The lowest BCUT2D eigenvalue weighted by Crippen LogP contribution is -2.46. The van der Waals surface area contributed by atoms with Crippen LogP contribution in [0.15, 0.2) is 65.8 Å². The lowest BCUT2D eigenvalue weighted by atomic mass is 9.78. The van der Waals surface area contributed by atoms with E-state index in [-0.39, 0.29) is 40.7 Å². The highest BCUT2D eigenvalue weighted by Gasteiger charge is 2.42. The maximum atomic E-state index is 13.3. The van der Waals surface area contributed by atoms with Gasteiger partial charge >= 0.3 is 5.97 Å². The number of carboxylic acid groups (broad SMARTS) is 1. The summed E-state index contributed by atoms with van der Waals surface area (Å²) in [6.07, 6.45) is 3.74. The van der Waals surface area contributed by atoms with E-state index in [1.807, 2.05) is 24.3 Å². The molecule has 39 heavy (non-hydrogen) atoms. The van der Waals surface area contributed by atoms with Gasteiger partial charge < -0.3 is 10.0 Å². The molecule has 3 heterocycles. The third-order valence-corrected chi connectivity index (χ3v) is 9.14. The minimum atomic E-state index is -4.36. The summed E-state index contributed by atoms with van der Waals surface area (Å²) >= 11 is 0. The van der Waals surface area contributed by atoms with Crippen molar-refractivity contribution in [3.05, 3.63) is 83.2 Å². The predicted molar refractivity (Wildman–Crippen MR) is 146 cm³/mol. The molecule has 2 aliphatic rings. The third kappa shape index (κ3) is 5.25. The van der Waals surface area contributed by atoms with Crippen LogP contribution in [0.3, 0.4) is 0 Å². The number of fused-ring (bicyclic) bond motifs is 1. The predicted octanol–water partition coefficient (Wildman–Crippen LogP) is 4.15. The van der Waals surface area contributed by atoms with Crippen LogP contribution in [0.1, 0.15) is 66.7 Å². The number of hydrogen-bond donors (Lipinski definition) is 2. The number of anilines is 1. The molecule has 1 aliphatic heterocycles. The van der Waals surface area contributed by atoms with Gasteiger partial charge in [0.25, 0.3) is 15.9 Å². The highest BCUT2D eigenvalue weighted by Crippen LogP contribution is 2.51. The number of hydrogen-bond acceptors (Lipinski definition) is 7. The van der Waals surface area contributed by atoms with Gasteiger partial charge in [-0.15, -0.1) is 0 Å². The molecule has 204 valence electrons. The summed E-state index contributed by atoms with van der Waals surface area (Å²) in [6, 6.07) is 14.2. The van der Waals surface area contributed by atoms with E-state index >= 15 is 0 Å². The second-order valence-corrected chi connectivity index (χ2v) is 12.9. The first kappa shape index (κ1) is 26.8. The van der Waals surface area contributed by atoms with E-state index in [1.165, 1.54) is 12.1 Å². The molecule has 3 unspecified atom stereocenters. The Morgan fingerprint density at radius 2 is 1.79 bits per heavy atom. The quantitative estimate of drug-likeness (QED) is 0.470. The molecule has 1 aliphatic carbocycles. The number of carboxylic acids is 1. The number of sulfonamides is 1. The van der Waals surface area contributed by atoms with Gasteiger partial charge in [-0.1, -0.05) is 51.1 Å². The summed E-state index contributed by atoms with van der Waals surface area (Å²) in [5.41, 5.74) is 2.63. The van der Waals surface area contributed by atoms with Gasteiger partial charge in [0.05, 0.1) is 11.3 Å². The van der Waals surface area contributed by atoms with Gasteiger partial charge in [0.2, 0.25) is 0 Å². The largest absolute Gasteiger partial charge is 0.480 e. The minimum Gasteiger partial charge on any atom is -0.480 e. The van der Waals surface area contributed by atoms with E-state index < -0.39 is 27.9 Å². The molecule has 2 aromatic heterocycles. The van der Waals surface area contributed by atoms with Crippen molar-refractivity contribution >= 4 is 27.7 Å². The number of nitrogens with zero attached hydrogens (tertiary/aromatic N) is 3. The van der Waals surface area contributed by atoms with Crippen LogP contribution in [0.4, 0.5) is 5.82 Å². The second kappa shape index (κ2) is 10.1. The maximum Gasteiger partial charge on any atom is 0.326 e. The number of nitrogens with one attached hydrogen (secondary N) is 1. The van der Waals surface area contributed by atoms with Gasteiger partial charge in [0, 0.05) is 25.1 Å². The zero-order valence-electron chi connectivity index (χ0n) is 22.2. The molecule has 0 radical (unpaired) electrons. The van der Waals surface area contributed by atoms with Crippen molar-refractivity contribution in [2.45, 2.75) is 63.6 Å². The Kier molecular flexibility index (Phi) is 6.92. The molecule has 2 N–H and O–H groups in total. The fourth-order valence-electron chi connectivity index (χ4n) is 6.14. The number of rotatable bonds is 6. The molecule has 1 amide bonds. The molecule has 0 spiro atoms. The van der Waals surface area contributed by atoms with Crippen molar-refractivity contribution in [2.75, 3.05) is 4.90 Å². The molecular formula is C29H32N4O5S. The molecule has 10 heteroatoms. The first-order valence-corrected chi connectivity index (χ1v) is 14.5. The molecular weight excluding hydrogens is 516 g/mol. The summed E-state index contributed by atoms with van der Waals surface area (Å²) in [4.78, 5) is 35.8. The number of aromatic nitrogens is 2. The number of carbonyl (C=O) groups is 2. The van der Waals surface area contributed by atoms with Gasteiger partial charge in [-0.25, -0.2) is 14.5 Å². The SMILES string of the molecule is CC1CC(c2ncccc2C(=O)NS(=O)(=O)c2cccc(N3Cc4ccccc4CC3C(=O)O)n2)C(C)(C)C1. The van der Waals surface area contributed by atoms with Gasteiger partial charge in [-0.3, -0.25) is 9.78 Å². The summed E-state index contributed by atoms with van der Waals surface area (Å²) in [5, 5.41) is 9.52. The summed E-state index contributed by atoms with van der Waals surface area (Å²) in [7, 11) is -4.36. The number of aliphatic carboxylic acids is 1. The van der Waals surface area contributed by atoms with Gasteiger partial charge in [0.1, 0.15) is 11.9 Å². The average Bonchev–Trinajstić information content (AvgIpc) is 3.19. The Labute approximate surface area is 228 Å². The highest BCUT2D eigenvalue weighted by atomic mass is 32.2. The zero-order chi connectivity index (χ0) is 27.9. The van der Waals surface area contributed by atoms with Crippen molar-refractivity contribution in [3.8, 4) is 0 Å². The van der Waals surface area contributed by atoms with Crippen LogP contribution in [0.5, 0.6) is 0 Å². The normalized spacial score (nSPS) is 22.2. The van der Waals surface area contributed by atoms with Crippen molar-refractivity contribution in [1.82, 2.24) is 14.7 Å². The van der Waals surface area contributed by atoms with E-state index in [4.69, 9.17) is 0 Å². The van der Waals surface area contributed by atoms with Crippen LogP contribution >= 0.6 is 0 Å². The Morgan fingerprint density at radius 3 is 2.49 bits per heavy atom. The highest BCUT2D eigenvalue weighted by molar-refractivity contribution is 7.90. The number of benzene rings is 1. The van der Waals surface area contributed by atoms with Crippen molar-refractivity contribution < 1.29 is 23.1 Å². The van der Waals surface area contributed by atoms with E-state index in [9.17, 15) is 23.1 Å². The van der Waals surface area contributed by atoms with Crippen LogP contribution in [0.2, 0.25) is 0 Å². The molecule has 3 atom stereocenters. The standard InChI is InChI=1S/C29H32N4O5S/c1-18-14-22(29(2,3)16-18)26-21(10-7-13-30-26)27(34)32-39(37,38)25-12-6-11-24(31-25)33-17-20-9-5-4-8-19(20)15-23(33)28(35)36/h4-13,18,22-23H,14-17H2,1-3H3,(H,32,34)(H,35,36). The van der Waals surface area contributed by atoms with Crippen LogP contribution in [0.25, 0.3) is 0 Å². The molecule has 3 aromatic rings. The fourth-order valence-corrected chi connectivity index (χ4v) is 7.07. The Balaban J connectivity index is 1.43. The van der Waals surface area contributed by atoms with E-state index in [0.29, 0.717) is 11.6 Å². The van der Waals surface area contributed by atoms with Crippen LogP contribution in [-0.2, 0) is 27.8 Å². The number of pyridine rings is 2. The Morgan fingerprint density at radius 1 is 1.05 bits per heavy atom. The van der Waals surface area contributed by atoms with Gasteiger partial charge in [-0.05, 0) is 59.6 Å². The summed E-state index contributed by atoms with van der Waals surface area (Å²) in [5.74, 6) is -1.10. The molecule has 9 nitrogen and oxygen atoms in total. The topological polar surface area (TPSA) is 130 Å². The van der Waals surface area contributed by atoms with Gasteiger partial charge in [0.15, 0.2) is 5.03 Å². The lowest BCUT2D eigenvalue weighted by Gasteiger charge is -2.35. The van der Waals surface area contributed by atoms with E-state index in [0.717, 1.165) is 24.0 Å². The number of amides is 1. The van der Waals surface area contributed by atoms with Crippen LogP contribution in [0, 0.1) is 11.3 Å². The zero-order valence-corrected chi connectivity index (χ0v) is 23.0. The molecule has 1 aromatic carbocycles. The molecule has 0 bridgehead atoms. The van der Waals surface area contributed by atoms with Crippen molar-refractivity contribution in [1.29, 1.82) is 0 Å². The lowest BCUT2D eigenvalue weighted by molar-refractivity contribution is -0.138. The van der Waals surface area contributed by atoms with Crippen LogP contribution in [-0.4, -0.2) is 41.4 Å². The van der Waals surface area contributed by atoms with Crippen LogP contribution < -0.4 is 9.62 Å². The molecule has 1 fully saturated rings. The first-order chi connectivity index (χ1) is 18.5. The van der Waals surface area contributed by atoms with E-state index in [2.05, 4.69) is 35.5 Å². The summed E-state index contributed by atoms with van der Waals surface area (Å²) in [6.45, 7) is 6.73. The summed E-state index contributed by atoms with van der Waals surface area (Å²) < 4.78 is 28.8. The second-order valence-electron chi connectivity index (χ2n) is 11.2. The van der Waals surface area contributed by atoms with E-state index in [1.54, 1.807) is 29.3 Å². The van der Waals surface area contributed by atoms with Crippen molar-refractivity contribution in [3.63, 3.8) is 0 Å². The molecule has 0 saturated heterocycles. The fraction of sp³-hybridized carbons (Fsp3) is 0.379. The van der Waals surface area contributed by atoms with Crippen molar-refractivity contribution in [2.24, 2.45) is 11.3 Å². The smallest absolute Gasteiger partial charge is 0.326 e. The Hall–Kier alpha value is -3.79. The third-order valence-electron chi connectivity index (χ3n) is 7.91.